The number of amides is 2. The highest BCUT2D eigenvalue weighted by atomic mass is 16.5. The van der Waals surface area contributed by atoms with E-state index in [1.165, 1.54) is 0 Å². The van der Waals surface area contributed by atoms with Crippen molar-refractivity contribution in [1.29, 1.82) is 0 Å². The van der Waals surface area contributed by atoms with E-state index in [-0.39, 0.29) is 30.3 Å². The van der Waals surface area contributed by atoms with Crippen molar-refractivity contribution in [2.45, 2.75) is 57.0 Å². The van der Waals surface area contributed by atoms with Crippen molar-refractivity contribution in [3.63, 3.8) is 0 Å². The Bertz CT molecular complexity index is 1080. The molecule has 2 aromatic rings. The minimum atomic E-state index is -1.26. The number of carbonyl (C=O) groups is 4. The molecule has 0 saturated heterocycles. The van der Waals surface area contributed by atoms with Crippen molar-refractivity contribution in [1.82, 2.24) is 10.6 Å². The molecule has 1 fully saturated rings. The normalized spacial score (nSPS) is 19.7. The van der Waals surface area contributed by atoms with Crippen LogP contribution in [0.5, 0.6) is 0 Å². The second-order valence-electron chi connectivity index (χ2n) is 9.29. The van der Waals surface area contributed by atoms with Gasteiger partial charge in [-0.2, -0.15) is 0 Å². The van der Waals surface area contributed by atoms with Crippen LogP contribution in [-0.2, 0) is 19.1 Å². The van der Waals surface area contributed by atoms with Gasteiger partial charge < -0.3 is 20.5 Å². The first-order valence-corrected chi connectivity index (χ1v) is 12.0. The molecule has 0 heterocycles. The molecule has 1 saturated carbocycles. The third kappa shape index (κ3) is 5.70. The largest absolute Gasteiger partial charge is 0.481 e. The van der Waals surface area contributed by atoms with E-state index in [0.29, 0.717) is 25.7 Å². The number of nitrogens with one attached hydrogen (secondary N) is 2. The van der Waals surface area contributed by atoms with Gasteiger partial charge in [-0.25, -0.2) is 4.79 Å². The van der Waals surface area contributed by atoms with Crippen molar-refractivity contribution in [2.75, 3.05) is 6.61 Å². The summed E-state index contributed by atoms with van der Waals surface area (Å²) in [4.78, 5) is 48.3. The second-order valence-corrected chi connectivity index (χ2v) is 9.29. The van der Waals surface area contributed by atoms with Crippen LogP contribution >= 0.6 is 0 Å². The molecule has 1 atom stereocenters. The first-order valence-electron chi connectivity index (χ1n) is 12.0. The standard InChI is InChI=1S/C27H30N2O6/c1-16(30)17-10-12-18(13-11-17)28-26(33)24(14-25(31)32)29-27(34)35-15-23-21-8-4-2-6-19(21)20-7-3-5-9-22(20)23/h2-9,17-18,23-24H,10-15H2,1H3,(H,28,33)(H,29,34)(H,31,32). The van der Waals surface area contributed by atoms with Gasteiger partial charge in [0.05, 0.1) is 6.42 Å². The molecular weight excluding hydrogens is 448 g/mol. The summed E-state index contributed by atoms with van der Waals surface area (Å²) < 4.78 is 5.47. The van der Waals surface area contributed by atoms with Crippen LogP contribution in [0.2, 0.25) is 0 Å². The fourth-order valence-corrected chi connectivity index (χ4v) is 5.11. The minimum Gasteiger partial charge on any atom is -0.481 e. The third-order valence-corrected chi connectivity index (χ3v) is 6.98. The Hall–Kier alpha value is -3.68. The third-order valence-electron chi connectivity index (χ3n) is 6.98. The van der Waals surface area contributed by atoms with Gasteiger partial charge in [-0.3, -0.25) is 14.4 Å². The molecule has 2 aromatic carbocycles. The number of carbonyl (C=O) groups excluding carboxylic acids is 3. The summed E-state index contributed by atoms with van der Waals surface area (Å²) in [6.45, 7) is 1.64. The fraction of sp³-hybridized carbons (Fsp3) is 0.407. The SMILES string of the molecule is CC(=O)C1CCC(NC(=O)C(CC(=O)O)NC(=O)OCC2c3ccccc3-c3ccccc32)CC1. The maximum Gasteiger partial charge on any atom is 0.407 e. The van der Waals surface area contributed by atoms with Crippen molar-refractivity contribution in [3.8, 4) is 11.1 Å². The van der Waals surface area contributed by atoms with Crippen molar-refractivity contribution < 1.29 is 29.0 Å². The van der Waals surface area contributed by atoms with Gasteiger partial charge in [0.25, 0.3) is 0 Å². The Balaban J connectivity index is 1.36. The molecule has 8 heteroatoms. The van der Waals surface area contributed by atoms with Crippen LogP contribution in [0.25, 0.3) is 11.1 Å². The molecule has 1 unspecified atom stereocenters. The van der Waals surface area contributed by atoms with Crippen molar-refractivity contribution in [2.24, 2.45) is 5.92 Å². The lowest BCUT2D eigenvalue weighted by Crippen LogP contribution is -2.51. The quantitative estimate of drug-likeness (QED) is 0.533. The van der Waals surface area contributed by atoms with Crippen LogP contribution in [0.3, 0.4) is 0 Å². The molecule has 0 aromatic heterocycles. The van der Waals surface area contributed by atoms with E-state index in [1.54, 1.807) is 6.92 Å². The molecule has 2 aliphatic carbocycles. The van der Waals surface area contributed by atoms with E-state index in [2.05, 4.69) is 10.6 Å². The average Bonchev–Trinajstić information content (AvgIpc) is 3.16. The number of hydrogen-bond acceptors (Lipinski definition) is 5. The predicted molar refractivity (Wildman–Crippen MR) is 129 cm³/mol. The van der Waals surface area contributed by atoms with Crippen molar-refractivity contribution >= 4 is 23.8 Å². The first-order chi connectivity index (χ1) is 16.8. The zero-order valence-corrected chi connectivity index (χ0v) is 19.7. The summed E-state index contributed by atoms with van der Waals surface area (Å²) in [5.74, 6) is -1.75. The summed E-state index contributed by atoms with van der Waals surface area (Å²) in [7, 11) is 0. The van der Waals surface area contributed by atoms with E-state index in [1.807, 2.05) is 48.5 Å². The van der Waals surface area contributed by atoms with Gasteiger partial charge in [0.2, 0.25) is 5.91 Å². The number of Topliss-reactive ketones (excluding diaryl/α,β-unsaturated/α-hetero) is 1. The first kappa shape index (κ1) is 24.4. The summed E-state index contributed by atoms with van der Waals surface area (Å²) in [6, 6.07) is 14.5. The number of alkyl carbamates (subject to hydrolysis) is 1. The zero-order chi connectivity index (χ0) is 24.9. The van der Waals surface area contributed by atoms with Gasteiger partial charge >= 0.3 is 12.1 Å². The Morgan fingerprint density at radius 1 is 0.943 bits per heavy atom. The van der Waals surface area contributed by atoms with E-state index in [9.17, 15) is 24.3 Å². The predicted octanol–water partition coefficient (Wildman–Crippen LogP) is 3.63. The van der Waals surface area contributed by atoms with Crippen LogP contribution in [-0.4, -0.2) is 47.6 Å². The number of ketones is 1. The number of hydrogen-bond donors (Lipinski definition) is 3. The zero-order valence-electron chi connectivity index (χ0n) is 19.7. The molecule has 35 heavy (non-hydrogen) atoms. The molecule has 184 valence electrons. The van der Waals surface area contributed by atoms with Gasteiger partial charge in [-0.05, 0) is 54.9 Å². The van der Waals surface area contributed by atoms with Gasteiger partial charge in [-0.1, -0.05) is 48.5 Å². The highest BCUT2D eigenvalue weighted by Crippen LogP contribution is 2.44. The molecule has 0 radical (unpaired) electrons. The monoisotopic (exact) mass is 478 g/mol. The van der Waals surface area contributed by atoms with Crippen molar-refractivity contribution in [3.05, 3.63) is 59.7 Å². The summed E-state index contributed by atoms with van der Waals surface area (Å²) in [5.41, 5.74) is 4.31. The molecule has 2 amide bonds. The Kier molecular flexibility index (Phi) is 7.48. The van der Waals surface area contributed by atoms with Crippen LogP contribution < -0.4 is 10.6 Å². The number of carboxylic acid groups (broad SMARTS) is 1. The molecule has 4 rings (SSSR count). The van der Waals surface area contributed by atoms with E-state index in [0.717, 1.165) is 22.3 Å². The minimum absolute atomic E-state index is 0.0110. The molecule has 0 spiro atoms. The van der Waals surface area contributed by atoms with Gasteiger partial charge in [0.1, 0.15) is 18.4 Å². The van der Waals surface area contributed by atoms with E-state index < -0.39 is 30.4 Å². The fourth-order valence-electron chi connectivity index (χ4n) is 5.11. The van der Waals surface area contributed by atoms with E-state index >= 15 is 0 Å². The maximum atomic E-state index is 12.8. The van der Waals surface area contributed by atoms with E-state index in [4.69, 9.17) is 4.74 Å². The molecular formula is C27H30N2O6. The van der Waals surface area contributed by atoms with Crippen LogP contribution in [0.4, 0.5) is 4.79 Å². The Labute approximate surface area is 204 Å². The number of carboxylic acids is 1. The maximum absolute atomic E-state index is 12.8. The summed E-state index contributed by atoms with van der Waals surface area (Å²) >= 11 is 0. The topological polar surface area (TPSA) is 122 Å². The summed E-state index contributed by atoms with van der Waals surface area (Å²) in [5, 5.41) is 14.5. The lowest BCUT2D eigenvalue weighted by atomic mass is 9.84. The number of fused-ring (bicyclic) bond motifs is 3. The van der Waals surface area contributed by atoms with Crippen LogP contribution in [0, 0.1) is 5.92 Å². The molecule has 2 aliphatic rings. The number of rotatable bonds is 8. The van der Waals surface area contributed by atoms with Gasteiger partial charge in [0.15, 0.2) is 0 Å². The van der Waals surface area contributed by atoms with Crippen LogP contribution in [0.1, 0.15) is 56.1 Å². The lowest BCUT2D eigenvalue weighted by molar-refractivity contribution is -0.140. The number of ether oxygens (including phenoxy) is 1. The Morgan fingerprint density at radius 2 is 1.51 bits per heavy atom. The molecule has 0 aliphatic heterocycles. The lowest BCUT2D eigenvalue weighted by Gasteiger charge is -2.29. The van der Waals surface area contributed by atoms with Crippen LogP contribution in [0.15, 0.2) is 48.5 Å². The number of benzene rings is 2. The smallest absolute Gasteiger partial charge is 0.407 e. The van der Waals surface area contributed by atoms with Gasteiger partial charge in [-0.15, -0.1) is 0 Å². The summed E-state index contributed by atoms with van der Waals surface area (Å²) in [6.07, 6.45) is 1.25. The number of aliphatic carboxylic acids is 1. The Morgan fingerprint density at radius 3 is 2.06 bits per heavy atom. The highest BCUT2D eigenvalue weighted by molar-refractivity contribution is 5.89. The highest BCUT2D eigenvalue weighted by Gasteiger charge is 2.31. The second kappa shape index (κ2) is 10.7. The molecule has 0 bridgehead atoms. The molecule has 3 N–H and O–H groups in total. The van der Waals surface area contributed by atoms with Gasteiger partial charge in [0, 0.05) is 17.9 Å². The average molecular weight is 479 g/mol. The molecule has 8 nitrogen and oxygen atoms in total.